The lowest BCUT2D eigenvalue weighted by atomic mass is 10.1. The summed E-state index contributed by atoms with van der Waals surface area (Å²) in [6.07, 6.45) is 1.57. The van der Waals surface area contributed by atoms with Crippen LogP contribution in [-0.4, -0.2) is 11.9 Å². The SMILES string of the molecule is CC(C)NC(=O)/C(C#N)=C\c1ccccc1OCc1cccc2ccccc12. The van der Waals surface area contributed by atoms with Gasteiger partial charge in [-0.1, -0.05) is 60.7 Å². The summed E-state index contributed by atoms with van der Waals surface area (Å²) in [4.78, 5) is 12.2. The number of rotatable bonds is 6. The number of ether oxygens (including phenoxy) is 1. The van der Waals surface area contributed by atoms with E-state index in [-0.39, 0.29) is 17.5 Å². The Labute approximate surface area is 165 Å². The molecule has 0 aliphatic heterocycles. The summed E-state index contributed by atoms with van der Waals surface area (Å²) in [5, 5.41) is 14.4. The van der Waals surface area contributed by atoms with Crippen molar-refractivity contribution < 1.29 is 9.53 Å². The fourth-order valence-electron chi connectivity index (χ4n) is 2.95. The van der Waals surface area contributed by atoms with E-state index >= 15 is 0 Å². The van der Waals surface area contributed by atoms with E-state index < -0.39 is 0 Å². The minimum Gasteiger partial charge on any atom is -0.488 e. The molecule has 1 N–H and O–H groups in total. The number of nitrogens with one attached hydrogen (secondary N) is 1. The second kappa shape index (κ2) is 8.88. The number of nitrogens with zero attached hydrogens (tertiary/aromatic N) is 1. The largest absolute Gasteiger partial charge is 0.488 e. The average molecular weight is 370 g/mol. The molecule has 0 heterocycles. The zero-order valence-electron chi connectivity index (χ0n) is 16.0. The highest BCUT2D eigenvalue weighted by atomic mass is 16.5. The molecule has 140 valence electrons. The normalized spacial score (nSPS) is 11.3. The Morgan fingerprint density at radius 3 is 2.57 bits per heavy atom. The van der Waals surface area contributed by atoms with Gasteiger partial charge in [0.15, 0.2) is 0 Å². The van der Waals surface area contributed by atoms with Crippen LogP contribution in [0.15, 0.2) is 72.3 Å². The van der Waals surface area contributed by atoms with Crippen molar-refractivity contribution in [1.82, 2.24) is 5.32 Å². The van der Waals surface area contributed by atoms with Crippen LogP contribution in [0.1, 0.15) is 25.0 Å². The number of carbonyl (C=O) groups excluding carboxylic acids is 1. The predicted octanol–water partition coefficient (Wildman–Crippen LogP) is 4.85. The minimum atomic E-state index is -0.388. The van der Waals surface area contributed by atoms with Crippen molar-refractivity contribution in [1.29, 1.82) is 5.26 Å². The van der Waals surface area contributed by atoms with Crippen LogP contribution < -0.4 is 10.1 Å². The summed E-state index contributed by atoms with van der Waals surface area (Å²) in [5.41, 5.74) is 1.82. The molecule has 0 fully saturated rings. The number of amides is 1. The monoisotopic (exact) mass is 370 g/mol. The first-order valence-electron chi connectivity index (χ1n) is 9.19. The first-order valence-corrected chi connectivity index (χ1v) is 9.19. The fourth-order valence-corrected chi connectivity index (χ4v) is 2.95. The molecule has 3 rings (SSSR count). The number of para-hydroxylation sites is 1. The maximum absolute atomic E-state index is 12.2. The first kappa shape index (κ1) is 19.2. The lowest BCUT2D eigenvalue weighted by molar-refractivity contribution is -0.117. The summed E-state index contributed by atoms with van der Waals surface area (Å²) in [5.74, 6) is 0.238. The van der Waals surface area contributed by atoms with Gasteiger partial charge in [0, 0.05) is 11.6 Å². The van der Waals surface area contributed by atoms with Gasteiger partial charge in [0.05, 0.1) is 0 Å². The van der Waals surface area contributed by atoms with Crippen molar-refractivity contribution in [2.45, 2.75) is 26.5 Å². The van der Waals surface area contributed by atoms with E-state index in [1.807, 2.05) is 68.4 Å². The molecule has 0 aromatic heterocycles. The van der Waals surface area contributed by atoms with Gasteiger partial charge < -0.3 is 10.1 Å². The molecule has 0 bridgehead atoms. The molecule has 0 radical (unpaired) electrons. The zero-order valence-corrected chi connectivity index (χ0v) is 16.0. The number of hydrogen-bond donors (Lipinski definition) is 1. The molecule has 0 aliphatic carbocycles. The molecule has 0 unspecified atom stereocenters. The Morgan fingerprint density at radius 2 is 1.79 bits per heavy atom. The molecule has 3 aromatic carbocycles. The Balaban J connectivity index is 1.85. The summed E-state index contributed by atoms with van der Waals surface area (Å²) < 4.78 is 6.05. The molecule has 0 spiro atoms. The third-order valence-corrected chi connectivity index (χ3v) is 4.27. The Kier molecular flexibility index (Phi) is 6.08. The number of hydrogen-bond acceptors (Lipinski definition) is 3. The van der Waals surface area contributed by atoms with E-state index in [0.29, 0.717) is 17.9 Å². The minimum absolute atomic E-state index is 0.0397. The molecule has 0 aliphatic rings. The molecule has 0 saturated carbocycles. The third kappa shape index (κ3) is 4.57. The molecule has 4 heteroatoms. The Hall–Kier alpha value is -3.58. The van der Waals surface area contributed by atoms with Crippen molar-refractivity contribution in [3.05, 3.63) is 83.4 Å². The predicted molar refractivity (Wildman–Crippen MR) is 112 cm³/mol. The highest BCUT2D eigenvalue weighted by Crippen LogP contribution is 2.24. The lowest BCUT2D eigenvalue weighted by Gasteiger charge is -2.12. The number of fused-ring (bicyclic) bond motifs is 1. The van der Waals surface area contributed by atoms with Crippen LogP contribution in [0, 0.1) is 11.3 Å². The van der Waals surface area contributed by atoms with Crippen molar-refractivity contribution in [3.63, 3.8) is 0 Å². The third-order valence-electron chi connectivity index (χ3n) is 4.27. The molecule has 0 saturated heterocycles. The van der Waals surface area contributed by atoms with Gasteiger partial charge in [0.25, 0.3) is 5.91 Å². The first-order chi connectivity index (χ1) is 13.6. The quantitative estimate of drug-likeness (QED) is 0.498. The topological polar surface area (TPSA) is 62.1 Å². The Bertz CT molecular complexity index is 1060. The van der Waals surface area contributed by atoms with Gasteiger partial charge in [-0.15, -0.1) is 0 Å². The number of carbonyl (C=O) groups is 1. The van der Waals surface area contributed by atoms with Gasteiger partial charge in [-0.3, -0.25) is 4.79 Å². The molecule has 1 amide bonds. The molecule has 4 nitrogen and oxygen atoms in total. The van der Waals surface area contributed by atoms with Crippen LogP contribution in [0.25, 0.3) is 16.8 Å². The van der Waals surface area contributed by atoms with Crippen LogP contribution in [-0.2, 0) is 11.4 Å². The van der Waals surface area contributed by atoms with E-state index in [4.69, 9.17) is 4.74 Å². The molecule has 28 heavy (non-hydrogen) atoms. The smallest absolute Gasteiger partial charge is 0.262 e. The van der Waals surface area contributed by atoms with Gasteiger partial charge in [-0.05, 0) is 42.3 Å². The standard InChI is InChI=1S/C24H22N2O2/c1-17(2)26-24(27)21(15-25)14-19-9-4-6-13-23(19)28-16-20-11-7-10-18-8-3-5-12-22(18)20/h3-14,17H,16H2,1-2H3,(H,26,27)/b21-14-. The van der Waals surface area contributed by atoms with Crippen molar-refractivity contribution >= 4 is 22.8 Å². The van der Waals surface area contributed by atoms with Gasteiger partial charge in [0.1, 0.15) is 24.0 Å². The van der Waals surface area contributed by atoms with E-state index in [2.05, 4.69) is 23.5 Å². The van der Waals surface area contributed by atoms with Crippen LogP contribution in [0.5, 0.6) is 5.75 Å². The molecular weight excluding hydrogens is 348 g/mol. The maximum atomic E-state index is 12.2. The molecule has 0 atom stereocenters. The van der Waals surface area contributed by atoms with Gasteiger partial charge in [-0.25, -0.2) is 0 Å². The van der Waals surface area contributed by atoms with E-state index in [0.717, 1.165) is 16.3 Å². The van der Waals surface area contributed by atoms with Crippen molar-refractivity contribution in [3.8, 4) is 11.8 Å². The number of benzene rings is 3. The van der Waals surface area contributed by atoms with Crippen molar-refractivity contribution in [2.24, 2.45) is 0 Å². The molecule has 3 aromatic rings. The second-order valence-electron chi connectivity index (χ2n) is 6.76. The highest BCUT2D eigenvalue weighted by molar-refractivity contribution is 6.02. The second-order valence-corrected chi connectivity index (χ2v) is 6.76. The summed E-state index contributed by atoms with van der Waals surface area (Å²) in [7, 11) is 0. The van der Waals surface area contributed by atoms with E-state index in [9.17, 15) is 10.1 Å². The van der Waals surface area contributed by atoms with Crippen LogP contribution in [0.4, 0.5) is 0 Å². The van der Waals surface area contributed by atoms with Crippen LogP contribution in [0.3, 0.4) is 0 Å². The van der Waals surface area contributed by atoms with Crippen LogP contribution in [0.2, 0.25) is 0 Å². The molecular formula is C24H22N2O2. The fraction of sp³-hybridized carbons (Fsp3) is 0.167. The van der Waals surface area contributed by atoms with Crippen molar-refractivity contribution in [2.75, 3.05) is 0 Å². The van der Waals surface area contributed by atoms with E-state index in [1.54, 1.807) is 6.08 Å². The Morgan fingerprint density at radius 1 is 1.07 bits per heavy atom. The summed E-state index contributed by atoms with van der Waals surface area (Å²) in [6.45, 7) is 4.11. The average Bonchev–Trinajstić information content (AvgIpc) is 2.70. The number of nitriles is 1. The van der Waals surface area contributed by atoms with E-state index in [1.165, 1.54) is 0 Å². The van der Waals surface area contributed by atoms with Gasteiger partial charge in [-0.2, -0.15) is 5.26 Å². The summed E-state index contributed by atoms with van der Waals surface area (Å²) >= 11 is 0. The lowest BCUT2D eigenvalue weighted by Crippen LogP contribution is -2.30. The van der Waals surface area contributed by atoms with Gasteiger partial charge in [0.2, 0.25) is 0 Å². The van der Waals surface area contributed by atoms with Crippen LogP contribution >= 0.6 is 0 Å². The maximum Gasteiger partial charge on any atom is 0.262 e. The summed E-state index contributed by atoms with van der Waals surface area (Å²) in [6, 6.07) is 23.6. The highest BCUT2D eigenvalue weighted by Gasteiger charge is 2.12. The van der Waals surface area contributed by atoms with Gasteiger partial charge >= 0.3 is 0 Å². The zero-order chi connectivity index (χ0) is 19.9.